The maximum Gasteiger partial charge on any atom is 0.337 e. The lowest BCUT2D eigenvalue weighted by molar-refractivity contribution is -0.136. The van der Waals surface area contributed by atoms with E-state index in [1.165, 1.54) is 7.11 Å². The van der Waals surface area contributed by atoms with Crippen LogP contribution in [0.3, 0.4) is 0 Å². The Balaban J connectivity index is 2.29. The Hall–Kier alpha value is -2.08. The number of carbonyl (C=O) groups excluding carboxylic acids is 1. The fourth-order valence-electron chi connectivity index (χ4n) is 2.30. The summed E-state index contributed by atoms with van der Waals surface area (Å²) in [5.74, 6) is 0.429. The van der Waals surface area contributed by atoms with Gasteiger partial charge in [0.15, 0.2) is 5.11 Å². The molecule has 1 aliphatic heterocycles. The molecule has 0 bridgehead atoms. The molecule has 1 aromatic carbocycles. The Morgan fingerprint density at radius 2 is 2.00 bits per heavy atom. The number of ether oxygens (including phenoxy) is 2. The summed E-state index contributed by atoms with van der Waals surface area (Å²) in [6.45, 7) is 4.55. The van der Waals surface area contributed by atoms with Crippen LogP contribution in [0.1, 0.15) is 31.9 Å². The van der Waals surface area contributed by atoms with Crippen molar-refractivity contribution in [3.05, 3.63) is 41.1 Å². The molecule has 1 heterocycles. The molecule has 0 aliphatic carbocycles. The number of thiocarbonyl (C=S) groups is 1. The third kappa shape index (κ3) is 3.57. The van der Waals surface area contributed by atoms with Crippen LogP contribution in [0.2, 0.25) is 0 Å². The first-order valence-corrected chi connectivity index (χ1v) is 7.57. The van der Waals surface area contributed by atoms with Crippen molar-refractivity contribution in [2.75, 3.05) is 13.7 Å². The molecule has 0 unspecified atom stereocenters. The second-order valence-electron chi connectivity index (χ2n) is 4.98. The van der Waals surface area contributed by atoms with E-state index in [1.807, 2.05) is 31.2 Å². The normalized spacial score (nSPS) is 17.6. The summed E-state index contributed by atoms with van der Waals surface area (Å²) in [4.78, 5) is 12.0. The molecule has 6 heteroatoms. The predicted molar refractivity (Wildman–Crippen MR) is 88.6 cm³/mol. The van der Waals surface area contributed by atoms with E-state index < -0.39 is 0 Å². The van der Waals surface area contributed by atoms with Crippen molar-refractivity contribution in [1.29, 1.82) is 0 Å². The third-order valence-electron chi connectivity index (χ3n) is 3.36. The average Bonchev–Trinajstić information content (AvgIpc) is 2.52. The molecule has 2 N–H and O–H groups in total. The Labute approximate surface area is 135 Å². The molecule has 1 aromatic rings. The second kappa shape index (κ2) is 7.26. The van der Waals surface area contributed by atoms with Gasteiger partial charge in [-0.25, -0.2) is 4.79 Å². The van der Waals surface area contributed by atoms with Gasteiger partial charge in [-0.05, 0) is 43.3 Å². The van der Waals surface area contributed by atoms with E-state index >= 15 is 0 Å². The minimum atomic E-state index is -0.378. The number of nitrogens with one attached hydrogen (secondary N) is 2. The smallest absolute Gasteiger partial charge is 0.337 e. The van der Waals surface area contributed by atoms with Gasteiger partial charge in [-0.3, -0.25) is 0 Å². The molecule has 22 heavy (non-hydrogen) atoms. The highest BCUT2D eigenvalue weighted by molar-refractivity contribution is 7.80. The molecule has 1 atom stereocenters. The minimum absolute atomic E-state index is 0.332. The van der Waals surface area contributed by atoms with Crippen LogP contribution in [0, 0.1) is 0 Å². The zero-order valence-corrected chi connectivity index (χ0v) is 13.8. The van der Waals surface area contributed by atoms with Crippen molar-refractivity contribution in [3.8, 4) is 5.75 Å². The lowest BCUT2D eigenvalue weighted by Crippen LogP contribution is -2.45. The highest BCUT2D eigenvalue weighted by atomic mass is 32.1. The van der Waals surface area contributed by atoms with Crippen LogP contribution in [0.5, 0.6) is 5.75 Å². The van der Waals surface area contributed by atoms with Gasteiger partial charge in [-0.1, -0.05) is 19.1 Å². The fraction of sp³-hybridized carbons (Fsp3) is 0.375. The second-order valence-corrected chi connectivity index (χ2v) is 5.39. The quantitative estimate of drug-likeness (QED) is 0.642. The zero-order chi connectivity index (χ0) is 16.1. The molecule has 0 amide bonds. The van der Waals surface area contributed by atoms with Gasteiger partial charge >= 0.3 is 5.97 Å². The van der Waals surface area contributed by atoms with Gasteiger partial charge in [0.25, 0.3) is 0 Å². The molecule has 2 rings (SSSR count). The van der Waals surface area contributed by atoms with Crippen molar-refractivity contribution in [1.82, 2.24) is 10.6 Å². The SMILES string of the molecule is CCCOc1ccc([C@H]2NC(=S)NC(C)=C2C(=O)OC)cc1. The summed E-state index contributed by atoms with van der Waals surface area (Å²) in [6, 6.07) is 7.30. The molecule has 0 saturated heterocycles. The van der Waals surface area contributed by atoms with E-state index in [2.05, 4.69) is 17.6 Å². The van der Waals surface area contributed by atoms with Crippen LogP contribution in [0.15, 0.2) is 35.5 Å². The number of hydrogen-bond donors (Lipinski definition) is 2. The fourth-order valence-corrected chi connectivity index (χ4v) is 2.57. The lowest BCUT2D eigenvalue weighted by Gasteiger charge is -2.29. The zero-order valence-electron chi connectivity index (χ0n) is 12.9. The highest BCUT2D eigenvalue weighted by Crippen LogP contribution is 2.28. The summed E-state index contributed by atoms with van der Waals surface area (Å²) in [6.07, 6.45) is 0.959. The number of methoxy groups -OCH3 is 1. The monoisotopic (exact) mass is 320 g/mol. The number of allylic oxidation sites excluding steroid dienone is 1. The Morgan fingerprint density at radius 3 is 2.59 bits per heavy atom. The van der Waals surface area contributed by atoms with E-state index in [4.69, 9.17) is 21.7 Å². The number of carbonyl (C=O) groups is 1. The van der Waals surface area contributed by atoms with Crippen LogP contribution < -0.4 is 15.4 Å². The summed E-state index contributed by atoms with van der Waals surface area (Å²) in [5.41, 5.74) is 2.15. The van der Waals surface area contributed by atoms with Crippen molar-refractivity contribution >= 4 is 23.3 Å². The number of benzene rings is 1. The van der Waals surface area contributed by atoms with Gasteiger partial charge in [-0.15, -0.1) is 0 Å². The molecule has 0 fully saturated rings. The van der Waals surface area contributed by atoms with Gasteiger partial charge in [0, 0.05) is 5.70 Å². The number of esters is 1. The third-order valence-corrected chi connectivity index (χ3v) is 3.58. The topological polar surface area (TPSA) is 59.6 Å². The van der Waals surface area contributed by atoms with Crippen molar-refractivity contribution in [2.45, 2.75) is 26.3 Å². The molecule has 5 nitrogen and oxygen atoms in total. The maximum atomic E-state index is 12.0. The molecular weight excluding hydrogens is 300 g/mol. The minimum Gasteiger partial charge on any atom is -0.494 e. The number of hydrogen-bond acceptors (Lipinski definition) is 4. The van der Waals surface area contributed by atoms with E-state index in [0.717, 1.165) is 17.7 Å². The van der Waals surface area contributed by atoms with Gasteiger partial charge in [-0.2, -0.15) is 0 Å². The van der Waals surface area contributed by atoms with Crippen LogP contribution in [-0.2, 0) is 9.53 Å². The van der Waals surface area contributed by atoms with Crippen LogP contribution in [-0.4, -0.2) is 24.8 Å². The van der Waals surface area contributed by atoms with E-state index in [0.29, 0.717) is 23.0 Å². The van der Waals surface area contributed by atoms with Gasteiger partial charge in [0.1, 0.15) is 5.75 Å². The van der Waals surface area contributed by atoms with Crippen LogP contribution >= 0.6 is 12.2 Å². The lowest BCUT2D eigenvalue weighted by atomic mass is 9.95. The largest absolute Gasteiger partial charge is 0.494 e. The van der Waals surface area contributed by atoms with E-state index in [1.54, 1.807) is 0 Å². The standard InChI is InChI=1S/C16H20N2O3S/c1-4-9-21-12-7-5-11(6-8-12)14-13(15(19)20-3)10(2)17-16(22)18-14/h5-8,14H,4,9H2,1-3H3,(H2,17,18,22)/t14-/m1/s1. The first-order chi connectivity index (χ1) is 10.6. The highest BCUT2D eigenvalue weighted by Gasteiger charge is 2.30. The molecule has 0 spiro atoms. The molecule has 1 aliphatic rings. The summed E-state index contributed by atoms with van der Waals surface area (Å²) in [7, 11) is 1.37. The molecule has 0 aromatic heterocycles. The molecular formula is C16H20N2O3S. The summed E-state index contributed by atoms with van der Waals surface area (Å²) in [5, 5.41) is 6.56. The Morgan fingerprint density at radius 1 is 1.32 bits per heavy atom. The van der Waals surface area contributed by atoms with Crippen molar-refractivity contribution < 1.29 is 14.3 Å². The van der Waals surface area contributed by atoms with E-state index in [9.17, 15) is 4.79 Å². The van der Waals surface area contributed by atoms with Gasteiger partial charge in [0.2, 0.25) is 0 Å². The molecule has 0 radical (unpaired) electrons. The van der Waals surface area contributed by atoms with Gasteiger partial charge < -0.3 is 20.1 Å². The van der Waals surface area contributed by atoms with Crippen molar-refractivity contribution in [3.63, 3.8) is 0 Å². The van der Waals surface area contributed by atoms with Crippen molar-refractivity contribution in [2.24, 2.45) is 0 Å². The Kier molecular flexibility index (Phi) is 5.38. The molecule has 0 saturated carbocycles. The first kappa shape index (κ1) is 16.3. The van der Waals surface area contributed by atoms with Gasteiger partial charge in [0.05, 0.1) is 25.3 Å². The predicted octanol–water partition coefficient (Wildman–Crippen LogP) is 2.44. The maximum absolute atomic E-state index is 12.0. The molecule has 118 valence electrons. The first-order valence-electron chi connectivity index (χ1n) is 7.16. The van der Waals surface area contributed by atoms with Crippen LogP contribution in [0.4, 0.5) is 0 Å². The van der Waals surface area contributed by atoms with E-state index in [-0.39, 0.29) is 12.0 Å². The van der Waals surface area contributed by atoms with Crippen LogP contribution in [0.25, 0.3) is 0 Å². The Bertz CT molecular complexity index is 596. The summed E-state index contributed by atoms with van der Waals surface area (Å²) < 4.78 is 10.5. The summed E-state index contributed by atoms with van der Waals surface area (Å²) >= 11 is 5.19. The average molecular weight is 320 g/mol. The number of rotatable bonds is 5.